The average molecular weight is 171 g/mol. The standard InChI is InChI=1S/C9H17NO2/c1-10-7-8(11)4-5-9-3-2-6-12-9/h9-10H,2-7H2,1H3. The van der Waals surface area contributed by atoms with E-state index in [1.54, 1.807) is 7.05 Å². The molecule has 1 heterocycles. The average Bonchev–Trinajstić information content (AvgIpc) is 2.53. The van der Waals surface area contributed by atoms with E-state index in [1.165, 1.54) is 0 Å². The molecule has 0 aromatic rings. The van der Waals surface area contributed by atoms with Gasteiger partial charge in [0.05, 0.1) is 12.6 Å². The van der Waals surface area contributed by atoms with Gasteiger partial charge in [0, 0.05) is 13.0 Å². The lowest BCUT2D eigenvalue weighted by molar-refractivity contribution is -0.118. The Morgan fingerprint density at radius 3 is 3.08 bits per heavy atom. The Morgan fingerprint density at radius 2 is 2.50 bits per heavy atom. The van der Waals surface area contributed by atoms with Gasteiger partial charge in [0.1, 0.15) is 5.78 Å². The van der Waals surface area contributed by atoms with E-state index in [2.05, 4.69) is 5.32 Å². The quantitative estimate of drug-likeness (QED) is 0.663. The van der Waals surface area contributed by atoms with E-state index in [-0.39, 0.29) is 5.78 Å². The summed E-state index contributed by atoms with van der Waals surface area (Å²) < 4.78 is 5.41. The molecule has 0 aliphatic carbocycles. The highest BCUT2D eigenvalue weighted by molar-refractivity contribution is 5.80. The third kappa shape index (κ3) is 3.32. The van der Waals surface area contributed by atoms with E-state index in [4.69, 9.17) is 4.74 Å². The summed E-state index contributed by atoms with van der Waals surface area (Å²) in [5, 5.41) is 2.85. The highest BCUT2D eigenvalue weighted by atomic mass is 16.5. The van der Waals surface area contributed by atoms with Gasteiger partial charge in [-0.3, -0.25) is 4.79 Å². The van der Waals surface area contributed by atoms with Crippen LogP contribution in [0.25, 0.3) is 0 Å². The minimum Gasteiger partial charge on any atom is -0.378 e. The van der Waals surface area contributed by atoms with Crippen LogP contribution in [-0.4, -0.2) is 32.1 Å². The molecule has 1 aliphatic heterocycles. The molecule has 70 valence electrons. The van der Waals surface area contributed by atoms with Crippen LogP contribution in [0.1, 0.15) is 25.7 Å². The van der Waals surface area contributed by atoms with Gasteiger partial charge in [-0.2, -0.15) is 0 Å². The molecular formula is C9H17NO2. The molecule has 0 bridgehead atoms. The van der Waals surface area contributed by atoms with Crippen LogP contribution >= 0.6 is 0 Å². The predicted molar refractivity (Wildman–Crippen MR) is 47.1 cm³/mol. The van der Waals surface area contributed by atoms with Crippen molar-refractivity contribution in [2.24, 2.45) is 0 Å². The van der Waals surface area contributed by atoms with Gasteiger partial charge < -0.3 is 10.1 Å². The largest absolute Gasteiger partial charge is 0.378 e. The van der Waals surface area contributed by atoms with Crippen LogP contribution in [0.15, 0.2) is 0 Å². The van der Waals surface area contributed by atoms with Crippen molar-refractivity contribution in [3.8, 4) is 0 Å². The number of likely N-dealkylation sites (N-methyl/N-ethyl adjacent to an activating group) is 1. The molecule has 12 heavy (non-hydrogen) atoms. The predicted octanol–water partition coefficient (Wildman–Crippen LogP) is 0.734. The number of hydrogen-bond acceptors (Lipinski definition) is 3. The number of carbonyl (C=O) groups excluding carboxylic acids is 1. The van der Waals surface area contributed by atoms with Crippen LogP contribution in [0.4, 0.5) is 0 Å². The molecule has 0 aromatic carbocycles. The molecule has 0 amide bonds. The number of rotatable bonds is 5. The number of Topliss-reactive ketones (excluding diaryl/α,β-unsaturated/α-hetero) is 1. The van der Waals surface area contributed by atoms with Crippen LogP contribution < -0.4 is 5.32 Å². The second-order valence-corrected chi connectivity index (χ2v) is 3.24. The summed E-state index contributed by atoms with van der Waals surface area (Å²) in [6.07, 6.45) is 4.20. The van der Waals surface area contributed by atoms with E-state index in [0.29, 0.717) is 19.1 Å². The first-order valence-corrected chi connectivity index (χ1v) is 4.61. The Kier molecular flexibility index (Phi) is 4.25. The molecule has 0 aromatic heterocycles. The number of ketones is 1. The smallest absolute Gasteiger partial charge is 0.146 e. The Bertz CT molecular complexity index is 141. The first kappa shape index (κ1) is 9.68. The van der Waals surface area contributed by atoms with Gasteiger partial charge in [0.15, 0.2) is 0 Å². The van der Waals surface area contributed by atoms with Crippen molar-refractivity contribution >= 4 is 5.78 Å². The molecule has 1 rings (SSSR count). The lowest BCUT2D eigenvalue weighted by Gasteiger charge is -2.07. The number of ether oxygens (including phenoxy) is 1. The van der Waals surface area contributed by atoms with E-state index in [0.717, 1.165) is 25.9 Å². The van der Waals surface area contributed by atoms with Crippen molar-refractivity contribution in [2.45, 2.75) is 31.8 Å². The van der Waals surface area contributed by atoms with Gasteiger partial charge in [0.2, 0.25) is 0 Å². The third-order valence-electron chi connectivity index (χ3n) is 2.14. The molecule has 1 atom stereocenters. The number of nitrogens with one attached hydrogen (secondary N) is 1. The normalized spacial score (nSPS) is 22.9. The van der Waals surface area contributed by atoms with Crippen molar-refractivity contribution in [3.05, 3.63) is 0 Å². The Morgan fingerprint density at radius 1 is 1.67 bits per heavy atom. The van der Waals surface area contributed by atoms with Crippen molar-refractivity contribution in [2.75, 3.05) is 20.2 Å². The maximum absolute atomic E-state index is 11.1. The van der Waals surface area contributed by atoms with Gasteiger partial charge in [0.25, 0.3) is 0 Å². The first-order valence-electron chi connectivity index (χ1n) is 4.61. The highest BCUT2D eigenvalue weighted by Crippen LogP contribution is 2.16. The summed E-state index contributed by atoms with van der Waals surface area (Å²) in [4.78, 5) is 11.1. The van der Waals surface area contributed by atoms with Gasteiger partial charge >= 0.3 is 0 Å². The molecule has 3 heteroatoms. The van der Waals surface area contributed by atoms with Crippen molar-refractivity contribution in [3.63, 3.8) is 0 Å². The lowest BCUT2D eigenvalue weighted by Crippen LogP contribution is -2.19. The highest BCUT2D eigenvalue weighted by Gasteiger charge is 2.15. The molecule has 0 spiro atoms. The molecule has 1 N–H and O–H groups in total. The van der Waals surface area contributed by atoms with Crippen molar-refractivity contribution in [1.82, 2.24) is 5.32 Å². The molecule has 1 aliphatic rings. The van der Waals surface area contributed by atoms with Crippen LogP contribution in [-0.2, 0) is 9.53 Å². The zero-order chi connectivity index (χ0) is 8.81. The van der Waals surface area contributed by atoms with Gasteiger partial charge in [-0.25, -0.2) is 0 Å². The zero-order valence-corrected chi connectivity index (χ0v) is 7.64. The van der Waals surface area contributed by atoms with Crippen molar-refractivity contribution < 1.29 is 9.53 Å². The van der Waals surface area contributed by atoms with Crippen LogP contribution in [0.5, 0.6) is 0 Å². The zero-order valence-electron chi connectivity index (χ0n) is 7.64. The summed E-state index contributed by atoms with van der Waals surface area (Å²) in [6, 6.07) is 0. The summed E-state index contributed by atoms with van der Waals surface area (Å²) in [6.45, 7) is 1.37. The molecule has 0 radical (unpaired) electrons. The number of carbonyl (C=O) groups is 1. The van der Waals surface area contributed by atoms with Gasteiger partial charge in [-0.15, -0.1) is 0 Å². The molecule has 1 fully saturated rings. The summed E-state index contributed by atoms with van der Waals surface area (Å²) in [5.74, 6) is 0.285. The molecule has 3 nitrogen and oxygen atoms in total. The van der Waals surface area contributed by atoms with E-state index in [1.807, 2.05) is 0 Å². The fourth-order valence-electron chi connectivity index (χ4n) is 1.48. The van der Waals surface area contributed by atoms with E-state index >= 15 is 0 Å². The Hall–Kier alpha value is -0.410. The molecule has 1 saturated heterocycles. The second kappa shape index (κ2) is 5.27. The van der Waals surface area contributed by atoms with Gasteiger partial charge in [-0.05, 0) is 26.3 Å². The fraction of sp³-hybridized carbons (Fsp3) is 0.889. The summed E-state index contributed by atoms with van der Waals surface area (Å²) in [5.41, 5.74) is 0. The maximum atomic E-state index is 11.1. The minimum atomic E-state index is 0.285. The minimum absolute atomic E-state index is 0.285. The lowest BCUT2D eigenvalue weighted by atomic mass is 10.1. The monoisotopic (exact) mass is 171 g/mol. The molecule has 1 unspecified atom stereocenters. The van der Waals surface area contributed by atoms with Gasteiger partial charge in [-0.1, -0.05) is 0 Å². The summed E-state index contributed by atoms with van der Waals surface area (Å²) >= 11 is 0. The van der Waals surface area contributed by atoms with Crippen LogP contribution in [0, 0.1) is 0 Å². The van der Waals surface area contributed by atoms with E-state index < -0.39 is 0 Å². The second-order valence-electron chi connectivity index (χ2n) is 3.24. The van der Waals surface area contributed by atoms with E-state index in [9.17, 15) is 4.79 Å². The fourth-order valence-corrected chi connectivity index (χ4v) is 1.48. The van der Waals surface area contributed by atoms with Crippen LogP contribution in [0.3, 0.4) is 0 Å². The topological polar surface area (TPSA) is 38.3 Å². The summed E-state index contributed by atoms with van der Waals surface area (Å²) in [7, 11) is 1.80. The Labute approximate surface area is 73.5 Å². The SMILES string of the molecule is CNCC(=O)CCC1CCCO1. The number of hydrogen-bond donors (Lipinski definition) is 1. The van der Waals surface area contributed by atoms with Crippen LogP contribution in [0.2, 0.25) is 0 Å². The molecular weight excluding hydrogens is 154 g/mol. The maximum Gasteiger partial charge on any atom is 0.146 e. The first-order chi connectivity index (χ1) is 5.83. The third-order valence-corrected chi connectivity index (χ3v) is 2.14. The molecule has 0 saturated carbocycles. The van der Waals surface area contributed by atoms with Crippen molar-refractivity contribution in [1.29, 1.82) is 0 Å². The Balaban J connectivity index is 2.03.